The van der Waals surface area contributed by atoms with Crippen LogP contribution in [0.2, 0.25) is 0 Å². The van der Waals surface area contributed by atoms with Gasteiger partial charge < -0.3 is 15.7 Å². The van der Waals surface area contributed by atoms with E-state index in [4.69, 9.17) is 0 Å². The van der Waals surface area contributed by atoms with Crippen molar-refractivity contribution < 1.29 is 18.3 Å². The molecule has 3 N–H and O–H groups in total. The predicted octanol–water partition coefficient (Wildman–Crippen LogP) is 0.738. The molecule has 1 aliphatic heterocycles. The van der Waals surface area contributed by atoms with Gasteiger partial charge in [0, 0.05) is 12.7 Å². The van der Waals surface area contributed by atoms with Gasteiger partial charge in [-0.25, -0.2) is 22.4 Å². The predicted molar refractivity (Wildman–Crippen MR) is 113 cm³/mol. The Kier molecular flexibility index (Phi) is 6.41. The van der Waals surface area contributed by atoms with Gasteiger partial charge in [0.1, 0.15) is 5.52 Å². The van der Waals surface area contributed by atoms with Gasteiger partial charge in [0.2, 0.25) is 5.91 Å². The molecule has 1 fully saturated rings. The molecule has 9 nitrogen and oxygen atoms in total. The number of aromatic nitrogens is 3. The van der Waals surface area contributed by atoms with Gasteiger partial charge in [-0.1, -0.05) is 17.7 Å². The number of rotatable bonds is 5. The summed E-state index contributed by atoms with van der Waals surface area (Å²) in [6.45, 7) is 2.44. The number of carbonyl (C=O) groups excluding carboxylic acids is 1. The average molecular weight is 452 g/mol. The third-order valence-corrected chi connectivity index (χ3v) is 6.53. The summed E-state index contributed by atoms with van der Waals surface area (Å²) < 4.78 is 26.9. The third-order valence-electron chi connectivity index (χ3n) is 4.85. The van der Waals surface area contributed by atoms with E-state index >= 15 is 0 Å². The lowest BCUT2D eigenvalue weighted by Crippen LogP contribution is -2.40. The molecule has 1 amide bonds. The highest BCUT2D eigenvalue weighted by atomic mass is 35.5. The second-order valence-corrected chi connectivity index (χ2v) is 8.88. The lowest BCUT2D eigenvalue weighted by atomic mass is 10.2. The molecule has 3 heterocycles. The number of fused-ring (bicyclic) bond motifs is 1. The van der Waals surface area contributed by atoms with Crippen molar-refractivity contribution >= 4 is 39.5 Å². The smallest absolute Gasteiger partial charge is 0.269 e. The van der Waals surface area contributed by atoms with Crippen LogP contribution in [0.5, 0.6) is 0 Å². The summed E-state index contributed by atoms with van der Waals surface area (Å²) in [5.41, 5.74) is 2.12. The number of carbonyl (C=O) groups is 1. The molecule has 1 saturated heterocycles. The number of nitrogens with zero attached hydrogens (tertiary/aromatic N) is 3. The minimum absolute atomic E-state index is 0. The molecule has 2 aromatic heterocycles. The van der Waals surface area contributed by atoms with Crippen LogP contribution in [-0.4, -0.2) is 52.1 Å². The molecule has 2 atom stereocenters. The molecule has 0 unspecified atom stereocenters. The van der Waals surface area contributed by atoms with Gasteiger partial charge in [0.15, 0.2) is 5.65 Å². The van der Waals surface area contributed by atoms with Crippen molar-refractivity contribution in [1.29, 1.82) is 0 Å². The van der Waals surface area contributed by atoms with E-state index in [-0.39, 0.29) is 35.4 Å². The zero-order chi connectivity index (χ0) is 20.6. The third kappa shape index (κ3) is 4.31. The van der Waals surface area contributed by atoms with Gasteiger partial charge in [-0.15, -0.1) is 12.4 Å². The fourth-order valence-corrected chi connectivity index (χ4v) is 4.54. The van der Waals surface area contributed by atoms with Crippen molar-refractivity contribution in [3.63, 3.8) is 0 Å². The maximum absolute atomic E-state index is 12.9. The first-order valence-electron chi connectivity index (χ1n) is 9.19. The molecular weight excluding hydrogens is 430 g/mol. The van der Waals surface area contributed by atoms with Gasteiger partial charge in [0.05, 0.1) is 35.5 Å². The maximum Gasteiger partial charge on any atom is 0.269 e. The number of nitrogens with one attached hydrogen (secondary N) is 2. The highest BCUT2D eigenvalue weighted by Gasteiger charge is 2.27. The Morgan fingerprint density at radius 3 is 2.70 bits per heavy atom. The lowest BCUT2D eigenvalue weighted by molar-refractivity contribution is -0.123. The molecule has 0 saturated carbocycles. The number of aliphatic hydroxyl groups is 1. The zero-order valence-corrected chi connectivity index (χ0v) is 17.8. The molecule has 0 radical (unpaired) electrons. The Balaban J connectivity index is 0.00000256. The van der Waals surface area contributed by atoms with Gasteiger partial charge in [0.25, 0.3) is 10.0 Å². The molecule has 1 aromatic carbocycles. The number of aliphatic hydroxyl groups excluding tert-OH is 1. The molecule has 3 aromatic rings. The van der Waals surface area contributed by atoms with Gasteiger partial charge in [-0.05, 0) is 31.5 Å². The van der Waals surface area contributed by atoms with Crippen LogP contribution in [0, 0.1) is 6.92 Å². The number of halogens is 1. The monoisotopic (exact) mass is 451 g/mol. The quantitative estimate of drug-likeness (QED) is 0.522. The second kappa shape index (κ2) is 8.68. The normalized spacial score (nSPS) is 18.9. The molecule has 1 aliphatic rings. The van der Waals surface area contributed by atoms with Crippen LogP contribution < -0.4 is 10.6 Å². The Morgan fingerprint density at radius 2 is 2.03 bits per heavy atom. The first kappa shape index (κ1) is 22.2. The lowest BCUT2D eigenvalue weighted by Gasteiger charge is -2.11. The van der Waals surface area contributed by atoms with E-state index in [1.54, 1.807) is 30.3 Å². The molecule has 160 valence electrons. The van der Waals surface area contributed by atoms with Crippen molar-refractivity contribution in [3.8, 4) is 0 Å². The van der Waals surface area contributed by atoms with E-state index in [9.17, 15) is 18.3 Å². The van der Waals surface area contributed by atoms with Crippen LogP contribution in [0.25, 0.3) is 11.2 Å². The molecule has 30 heavy (non-hydrogen) atoms. The summed E-state index contributed by atoms with van der Waals surface area (Å²) >= 11 is 0. The van der Waals surface area contributed by atoms with E-state index in [1.807, 2.05) is 6.92 Å². The summed E-state index contributed by atoms with van der Waals surface area (Å²) in [7, 11) is -3.78. The fourth-order valence-electron chi connectivity index (χ4n) is 3.25. The number of amides is 1. The molecule has 0 bridgehead atoms. The second-order valence-electron chi connectivity index (χ2n) is 7.07. The van der Waals surface area contributed by atoms with E-state index in [0.29, 0.717) is 24.2 Å². The van der Waals surface area contributed by atoms with E-state index < -0.39 is 22.2 Å². The van der Waals surface area contributed by atoms with Crippen LogP contribution in [0.15, 0.2) is 47.6 Å². The molecule has 0 spiro atoms. The van der Waals surface area contributed by atoms with Crippen molar-refractivity contribution in [2.45, 2.75) is 36.9 Å². The van der Waals surface area contributed by atoms with Crippen molar-refractivity contribution in [3.05, 3.63) is 54.0 Å². The summed E-state index contributed by atoms with van der Waals surface area (Å²) in [6, 6.07) is 7.74. The first-order valence-corrected chi connectivity index (χ1v) is 10.6. The van der Waals surface area contributed by atoms with Gasteiger partial charge in [-0.2, -0.15) is 0 Å². The standard InChI is InChI=1S/C19H21N5O4S.ClH/c1-12-2-4-15(5-3-12)29(27,28)24-7-6-16-18(24)21-9-13(23-16)10-22-19(26)17-8-14(25)11-20-17;/h2-7,9,14,17,20,25H,8,10-11H2,1H3,(H,22,26);1H/t14-,17-;/m1./s1. The minimum Gasteiger partial charge on any atom is -0.392 e. The van der Waals surface area contributed by atoms with Crippen LogP contribution in [0.3, 0.4) is 0 Å². The van der Waals surface area contributed by atoms with Crippen LogP contribution in [0.1, 0.15) is 17.7 Å². The van der Waals surface area contributed by atoms with E-state index in [2.05, 4.69) is 20.6 Å². The molecule has 4 rings (SSSR count). The number of aryl methyl sites for hydroxylation is 1. The van der Waals surface area contributed by atoms with Gasteiger partial charge >= 0.3 is 0 Å². The fraction of sp³-hybridized carbons (Fsp3) is 0.316. The van der Waals surface area contributed by atoms with Crippen molar-refractivity contribution in [1.82, 2.24) is 24.6 Å². The molecular formula is C19H22ClN5O4S. The summed E-state index contributed by atoms with van der Waals surface area (Å²) in [5.74, 6) is -0.219. The van der Waals surface area contributed by atoms with Crippen LogP contribution in [-0.2, 0) is 21.4 Å². The first-order chi connectivity index (χ1) is 13.8. The largest absolute Gasteiger partial charge is 0.392 e. The Bertz CT molecular complexity index is 1160. The Morgan fingerprint density at radius 1 is 1.30 bits per heavy atom. The summed E-state index contributed by atoms with van der Waals surface area (Å²) in [5, 5.41) is 15.2. The minimum atomic E-state index is -3.78. The Labute approximate surface area is 180 Å². The van der Waals surface area contributed by atoms with Crippen LogP contribution in [0.4, 0.5) is 0 Å². The van der Waals surface area contributed by atoms with Crippen molar-refractivity contribution in [2.75, 3.05) is 6.54 Å². The molecule has 0 aliphatic carbocycles. The zero-order valence-electron chi connectivity index (χ0n) is 16.1. The van der Waals surface area contributed by atoms with Crippen molar-refractivity contribution in [2.24, 2.45) is 0 Å². The highest BCUT2D eigenvalue weighted by Crippen LogP contribution is 2.20. The number of hydrogen-bond donors (Lipinski definition) is 3. The highest BCUT2D eigenvalue weighted by molar-refractivity contribution is 7.90. The SMILES string of the molecule is Cc1ccc(S(=O)(=O)n2ccc3nc(CNC(=O)[C@H]4C[C@@H](O)CN4)cnc32)cc1.Cl. The van der Waals surface area contributed by atoms with E-state index in [0.717, 1.165) is 9.54 Å². The summed E-state index contributed by atoms with van der Waals surface area (Å²) in [6.07, 6.45) is 2.72. The average Bonchev–Trinajstić information content (AvgIpc) is 3.32. The van der Waals surface area contributed by atoms with Crippen LogP contribution >= 0.6 is 12.4 Å². The van der Waals surface area contributed by atoms with Gasteiger partial charge in [-0.3, -0.25) is 4.79 Å². The molecule has 11 heteroatoms. The summed E-state index contributed by atoms with van der Waals surface area (Å²) in [4.78, 5) is 20.9. The number of hydrogen-bond acceptors (Lipinski definition) is 7. The maximum atomic E-state index is 12.9. The van der Waals surface area contributed by atoms with E-state index in [1.165, 1.54) is 12.4 Å². The Hall–Kier alpha value is -2.53. The number of benzene rings is 1. The number of β-amino-alcohol motifs (C(OH)–C–C–N with tert-alkyl or cyclic N) is 1. The topological polar surface area (TPSA) is 126 Å².